The Morgan fingerprint density at radius 2 is 1.92 bits per heavy atom. The summed E-state index contributed by atoms with van der Waals surface area (Å²) in [6, 6.07) is 5.46. The summed E-state index contributed by atoms with van der Waals surface area (Å²) in [5.41, 5.74) is 4.73. The summed E-state index contributed by atoms with van der Waals surface area (Å²) in [5.74, 6) is -0.728. The standard InChI is InChI=1S/C15H20N4O5S/c1-4-24-15(21)18-17-14(20)12(9(2)3)16-13-10-7-5-6-8-11(10)25(22,23)19-13/h5-9,12H,4H2,1-3H3,(H,16,19)(H,17,20)(H,18,21)/t12-/m1/s1. The second kappa shape index (κ2) is 7.51. The predicted octanol–water partition coefficient (Wildman–Crippen LogP) is 0.527. The molecule has 0 unspecified atom stereocenters. The number of fused-ring (bicyclic) bond motifs is 1. The van der Waals surface area contributed by atoms with Gasteiger partial charge in [-0.3, -0.25) is 19.9 Å². The van der Waals surface area contributed by atoms with E-state index in [0.29, 0.717) is 5.56 Å². The maximum absolute atomic E-state index is 12.3. The Labute approximate surface area is 145 Å². The van der Waals surface area contributed by atoms with Gasteiger partial charge in [0.05, 0.1) is 11.5 Å². The Balaban J connectivity index is 2.23. The highest BCUT2D eigenvalue weighted by Crippen LogP contribution is 2.23. The summed E-state index contributed by atoms with van der Waals surface area (Å²) in [6.45, 7) is 5.31. The number of hydrogen-bond acceptors (Lipinski definition) is 6. The summed E-state index contributed by atoms with van der Waals surface area (Å²) in [6.07, 6.45) is -0.794. The van der Waals surface area contributed by atoms with Gasteiger partial charge in [-0.15, -0.1) is 0 Å². The zero-order valence-corrected chi connectivity index (χ0v) is 14.9. The van der Waals surface area contributed by atoms with Gasteiger partial charge in [-0.1, -0.05) is 26.0 Å². The van der Waals surface area contributed by atoms with Crippen LogP contribution in [0.3, 0.4) is 0 Å². The summed E-state index contributed by atoms with van der Waals surface area (Å²) in [7, 11) is -3.69. The Morgan fingerprint density at radius 1 is 1.24 bits per heavy atom. The van der Waals surface area contributed by atoms with Crippen LogP contribution in [0, 0.1) is 5.92 Å². The molecule has 2 amide bonds. The number of ether oxygens (including phenoxy) is 1. The third kappa shape index (κ3) is 4.27. The van der Waals surface area contributed by atoms with E-state index in [-0.39, 0.29) is 23.3 Å². The number of sulfonamides is 1. The fourth-order valence-corrected chi connectivity index (χ4v) is 3.47. The number of amides is 2. The zero-order chi connectivity index (χ0) is 18.6. The van der Waals surface area contributed by atoms with Crippen LogP contribution in [0.5, 0.6) is 0 Å². The van der Waals surface area contributed by atoms with Gasteiger partial charge < -0.3 is 4.74 Å². The highest BCUT2D eigenvalue weighted by atomic mass is 32.2. The van der Waals surface area contributed by atoms with E-state index in [1.165, 1.54) is 6.07 Å². The van der Waals surface area contributed by atoms with E-state index in [4.69, 9.17) is 0 Å². The van der Waals surface area contributed by atoms with Crippen LogP contribution in [0.1, 0.15) is 26.3 Å². The molecule has 3 N–H and O–H groups in total. The van der Waals surface area contributed by atoms with Crippen molar-refractivity contribution in [3.8, 4) is 0 Å². The molecule has 0 spiro atoms. The molecule has 1 heterocycles. The quantitative estimate of drug-likeness (QED) is 0.668. The van der Waals surface area contributed by atoms with Crippen molar-refractivity contribution in [3.05, 3.63) is 29.8 Å². The molecule has 1 aliphatic heterocycles. The fourth-order valence-electron chi connectivity index (χ4n) is 2.23. The number of nitrogens with one attached hydrogen (secondary N) is 3. The summed E-state index contributed by atoms with van der Waals surface area (Å²) >= 11 is 0. The van der Waals surface area contributed by atoms with Gasteiger partial charge in [-0.05, 0) is 25.0 Å². The Hall–Kier alpha value is -2.62. The van der Waals surface area contributed by atoms with Crippen LogP contribution < -0.4 is 15.6 Å². The van der Waals surface area contributed by atoms with Crippen molar-refractivity contribution >= 4 is 27.9 Å². The second-order valence-corrected chi connectivity index (χ2v) is 7.25. The molecular formula is C15H20N4O5S. The zero-order valence-electron chi connectivity index (χ0n) is 14.1. The summed E-state index contributed by atoms with van der Waals surface area (Å²) < 4.78 is 31.2. The normalized spacial score (nSPS) is 17.5. The number of carbonyl (C=O) groups excluding carboxylic acids is 2. The Morgan fingerprint density at radius 3 is 2.56 bits per heavy atom. The van der Waals surface area contributed by atoms with Crippen molar-refractivity contribution in [1.29, 1.82) is 0 Å². The molecule has 2 rings (SSSR count). The minimum atomic E-state index is -3.69. The maximum Gasteiger partial charge on any atom is 0.426 e. The first-order chi connectivity index (χ1) is 11.8. The highest BCUT2D eigenvalue weighted by molar-refractivity contribution is 7.90. The lowest BCUT2D eigenvalue weighted by Gasteiger charge is -2.17. The number of carbonyl (C=O) groups is 2. The Bertz CT molecular complexity index is 804. The van der Waals surface area contributed by atoms with Gasteiger partial charge in [0, 0.05) is 5.56 Å². The third-order valence-corrected chi connectivity index (χ3v) is 4.79. The van der Waals surface area contributed by atoms with Crippen molar-refractivity contribution in [2.75, 3.05) is 6.61 Å². The number of aliphatic imine (C=N–C) groups is 1. The molecule has 0 bridgehead atoms. The van der Waals surface area contributed by atoms with Gasteiger partial charge in [-0.25, -0.2) is 18.6 Å². The van der Waals surface area contributed by atoms with E-state index >= 15 is 0 Å². The van der Waals surface area contributed by atoms with Crippen LogP contribution in [0.4, 0.5) is 4.79 Å². The SMILES string of the molecule is CCOC(=O)NNC(=O)[C@H](N=C1NS(=O)(=O)c2ccccc21)C(C)C. The molecule has 136 valence electrons. The molecular weight excluding hydrogens is 348 g/mol. The van der Waals surface area contributed by atoms with Gasteiger partial charge in [0.25, 0.3) is 15.9 Å². The third-order valence-electron chi connectivity index (χ3n) is 3.39. The monoisotopic (exact) mass is 368 g/mol. The van der Waals surface area contributed by atoms with Crippen LogP contribution >= 0.6 is 0 Å². The molecule has 1 aliphatic rings. The van der Waals surface area contributed by atoms with Crippen LogP contribution in [0.2, 0.25) is 0 Å². The molecule has 0 fully saturated rings. The molecule has 1 aromatic rings. The van der Waals surface area contributed by atoms with Crippen molar-refractivity contribution in [2.45, 2.75) is 31.7 Å². The number of hydrogen-bond donors (Lipinski definition) is 3. The van der Waals surface area contributed by atoms with E-state index in [1.807, 2.05) is 0 Å². The van der Waals surface area contributed by atoms with Gasteiger partial charge in [0.1, 0.15) is 11.9 Å². The molecule has 0 aromatic heterocycles. The van der Waals surface area contributed by atoms with Gasteiger partial charge in [-0.2, -0.15) is 0 Å². The van der Waals surface area contributed by atoms with E-state index in [9.17, 15) is 18.0 Å². The lowest BCUT2D eigenvalue weighted by molar-refractivity contribution is -0.124. The number of amidine groups is 1. The van der Waals surface area contributed by atoms with Gasteiger partial charge >= 0.3 is 6.09 Å². The van der Waals surface area contributed by atoms with Crippen LogP contribution in [0.25, 0.3) is 0 Å². The van der Waals surface area contributed by atoms with Crippen molar-refractivity contribution in [2.24, 2.45) is 10.9 Å². The molecule has 9 nitrogen and oxygen atoms in total. The number of rotatable bonds is 4. The van der Waals surface area contributed by atoms with Crippen molar-refractivity contribution in [1.82, 2.24) is 15.6 Å². The molecule has 0 aliphatic carbocycles. The first-order valence-electron chi connectivity index (χ1n) is 7.69. The van der Waals surface area contributed by atoms with Crippen molar-refractivity contribution in [3.63, 3.8) is 0 Å². The topological polar surface area (TPSA) is 126 Å². The minimum absolute atomic E-state index is 0.0978. The highest BCUT2D eigenvalue weighted by Gasteiger charge is 2.32. The van der Waals surface area contributed by atoms with E-state index in [0.717, 1.165) is 0 Å². The second-order valence-electron chi connectivity index (χ2n) is 5.60. The molecule has 0 saturated heterocycles. The minimum Gasteiger partial charge on any atom is -0.449 e. The first kappa shape index (κ1) is 18.7. The predicted molar refractivity (Wildman–Crippen MR) is 90.2 cm³/mol. The smallest absolute Gasteiger partial charge is 0.426 e. The van der Waals surface area contributed by atoms with Crippen molar-refractivity contribution < 1.29 is 22.7 Å². The number of benzene rings is 1. The molecule has 1 aromatic carbocycles. The molecule has 0 radical (unpaired) electrons. The van der Waals surface area contributed by atoms with Gasteiger partial charge in [0.2, 0.25) is 0 Å². The van der Waals surface area contributed by atoms with Gasteiger partial charge in [0.15, 0.2) is 0 Å². The molecule has 0 saturated carbocycles. The first-order valence-corrected chi connectivity index (χ1v) is 9.17. The summed E-state index contributed by atoms with van der Waals surface area (Å²) in [5, 5.41) is 0. The van der Waals surface area contributed by atoms with Crippen LogP contribution in [0.15, 0.2) is 34.2 Å². The molecule has 10 heteroatoms. The number of hydrazine groups is 1. The fraction of sp³-hybridized carbons (Fsp3) is 0.400. The average Bonchev–Trinajstić information content (AvgIpc) is 2.81. The van der Waals surface area contributed by atoms with Crippen LogP contribution in [-0.4, -0.2) is 38.9 Å². The van der Waals surface area contributed by atoms with E-state index in [1.54, 1.807) is 39.0 Å². The lowest BCUT2D eigenvalue weighted by atomic mass is 10.0. The van der Waals surface area contributed by atoms with Crippen LogP contribution in [-0.2, 0) is 19.6 Å². The number of nitrogens with zero attached hydrogens (tertiary/aromatic N) is 1. The summed E-state index contributed by atoms with van der Waals surface area (Å²) in [4.78, 5) is 27.9. The lowest BCUT2D eigenvalue weighted by Crippen LogP contribution is -2.48. The molecule has 25 heavy (non-hydrogen) atoms. The largest absolute Gasteiger partial charge is 0.449 e. The maximum atomic E-state index is 12.3. The molecule has 1 atom stereocenters. The van der Waals surface area contributed by atoms with E-state index < -0.39 is 28.1 Å². The van der Waals surface area contributed by atoms with E-state index in [2.05, 4.69) is 25.3 Å². The Kier molecular flexibility index (Phi) is 5.62. The average molecular weight is 368 g/mol.